The van der Waals surface area contributed by atoms with Crippen molar-refractivity contribution in [1.29, 1.82) is 0 Å². The van der Waals surface area contributed by atoms with E-state index in [4.69, 9.17) is 9.72 Å². The molecule has 154 valence electrons. The molecule has 0 atom stereocenters. The van der Waals surface area contributed by atoms with E-state index in [1.54, 1.807) is 14.2 Å². The highest BCUT2D eigenvalue weighted by Gasteiger charge is 2.30. The fourth-order valence-electron chi connectivity index (χ4n) is 4.03. The van der Waals surface area contributed by atoms with Gasteiger partial charge in [0.2, 0.25) is 5.95 Å². The number of unbranched alkanes of at least 4 members (excludes halogenated alkanes) is 2. The molecule has 1 aliphatic rings. The molecule has 3 aromatic rings. The van der Waals surface area contributed by atoms with Crippen LogP contribution in [0.4, 0.5) is 11.6 Å². The molecule has 0 radical (unpaired) electrons. The van der Waals surface area contributed by atoms with Crippen molar-refractivity contribution in [1.82, 2.24) is 18.7 Å². The summed E-state index contributed by atoms with van der Waals surface area (Å²) in [6.07, 6.45) is 2.83. The lowest BCUT2D eigenvalue weighted by molar-refractivity contribution is 0.415. The topological polar surface area (TPSA) is 74.3 Å². The second-order valence-electron chi connectivity index (χ2n) is 7.57. The van der Waals surface area contributed by atoms with Gasteiger partial charge in [0.25, 0.3) is 5.56 Å². The summed E-state index contributed by atoms with van der Waals surface area (Å²) in [6, 6.07) is 5.99. The number of aryl methyl sites for hydroxylation is 2. The molecular formula is C21H27N5O3. The van der Waals surface area contributed by atoms with Gasteiger partial charge in [-0.05, 0) is 31.0 Å². The van der Waals surface area contributed by atoms with Crippen LogP contribution in [0.15, 0.2) is 27.8 Å². The van der Waals surface area contributed by atoms with Crippen LogP contribution in [0, 0.1) is 6.92 Å². The van der Waals surface area contributed by atoms with E-state index in [0.717, 1.165) is 36.3 Å². The number of hydrogen-bond donors (Lipinski definition) is 0. The average Bonchev–Trinajstić information content (AvgIpc) is 3.28. The standard InChI is InChI=1S/C21H27N5O3/c1-5-6-7-10-26-19(27)17-18(23(3)21(26)28)22-20-24(11-12-25(17)20)15-13-14(2)8-9-16(15)29-4/h8-9,13H,5-7,10-12H2,1-4H3. The molecule has 3 heterocycles. The number of fused-ring (bicyclic) bond motifs is 3. The Bertz CT molecular complexity index is 1190. The van der Waals surface area contributed by atoms with Crippen LogP contribution in [-0.2, 0) is 20.1 Å². The van der Waals surface area contributed by atoms with E-state index in [1.807, 2.05) is 23.6 Å². The van der Waals surface area contributed by atoms with Crippen molar-refractivity contribution in [3.63, 3.8) is 0 Å². The minimum absolute atomic E-state index is 0.254. The Balaban J connectivity index is 1.88. The average molecular weight is 397 g/mol. The Morgan fingerprint density at radius 3 is 2.69 bits per heavy atom. The Labute approximate surface area is 169 Å². The number of ether oxygens (including phenoxy) is 1. The van der Waals surface area contributed by atoms with E-state index in [-0.39, 0.29) is 11.2 Å². The molecule has 4 rings (SSSR count). The predicted molar refractivity (Wildman–Crippen MR) is 113 cm³/mol. The number of rotatable bonds is 6. The summed E-state index contributed by atoms with van der Waals surface area (Å²) in [5, 5.41) is 0. The first-order valence-electron chi connectivity index (χ1n) is 10.1. The first-order valence-corrected chi connectivity index (χ1v) is 10.1. The van der Waals surface area contributed by atoms with Gasteiger partial charge in [0.1, 0.15) is 5.75 Å². The van der Waals surface area contributed by atoms with Gasteiger partial charge in [0, 0.05) is 26.7 Å². The molecule has 0 saturated heterocycles. The molecule has 0 N–H and O–H groups in total. The SMILES string of the molecule is CCCCCn1c(=O)c2c(nc3n2CCN3c2cc(C)ccc2OC)n(C)c1=O. The quantitative estimate of drug-likeness (QED) is 0.598. The number of benzene rings is 1. The van der Waals surface area contributed by atoms with Crippen LogP contribution in [-0.4, -0.2) is 32.3 Å². The van der Waals surface area contributed by atoms with Crippen molar-refractivity contribution in [3.8, 4) is 5.75 Å². The fraction of sp³-hybridized carbons (Fsp3) is 0.476. The van der Waals surface area contributed by atoms with Crippen LogP contribution in [0.1, 0.15) is 31.7 Å². The zero-order chi connectivity index (χ0) is 20.7. The molecule has 0 fully saturated rings. The van der Waals surface area contributed by atoms with Gasteiger partial charge in [0.15, 0.2) is 11.2 Å². The lowest BCUT2D eigenvalue weighted by atomic mass is 10.2. The van der Waals surface area contributed by atoms with Crippen LogP contribution in [0.25, 0.3) is 11.2 Å². The van der Waals surface area contributed by atoms with Crippen molar-refractivity contribution < 1.29 is 4.74 Å². The molecule has 0 saturated carbocycles. The van der Waals surface area contributed by atoms with E-state index in [9.17, 15) is 9.59 Å². The molecular weight excluding hydrogens is 370 g/mol. The molecule has 29 heavy (non-hydrogen) atoms. The number of nitrogens with zero attached hydrogens (tertiary/aromatic N) is 5. The van der Waals surface area contributed by atoms with Crippen LogP contribution in [0.2, 0.25) is 0 Å². The molecule has 8 nitrogen and oxygen atoms in total. The summed E-state index contributed by atoms with van der Waals surface area (Å²) in [6.45, 7) is 5.88. The summed E-state index contributed by atoms with van der Waals surface area (Å²) in [7, 11) is 3.33. The smallest absolute Gasteiger partial charge is 0.332 e. The maximum absolute atomic E-state index is 13.2. The van der Waals surface area contributed by atoms with E-state index < -0.39 is 0 Å². The van der Waals surface area contributed by atoms with Crippen molar-refractivity contribution in [2.45, 2.75) is 46.2 Å². The first kappa shape index (κ1) is 19.3. The highest BCUT2D eigenvalue weighted by molar-refractivity contribution is 5.79. The third kappa shape index (κ3) is 3.03. The predicted octanol–water partition coefficient (Wildman–Crippen LogP) is 2.56. The van der Waals surface area contributed by atoms with Crippen molar-refractivity contribution >= 4 is 22.8 Å². The molecule has 1 aromatic carbocycles. The van der Waals surface area contributed by atoms with Crippen molar-refractivity contribution in [3.05, 3.63) is 44.6 Å². The third-order valence-corrected chi connectivity index (χ3v) is 5.61. The number of methoxy groups -OCH3 is 1. The molecule has 8 heteroatoms. The lowest BCUT2D eigenvalue weighted by Gasteiger charge is -2.19. The Kier molecular flexibility index (Phi) is 4.94. The van der Waals surface area contributed by atoms with Gasteiger partial charge in [-0.1, -0.05) is 25.8 Å². The highest BCUT2D eigenvalue weighted by atomic mass is 16.5. The summed E-state index contributed by atoms with van der Waals surface area (Å²) in [4.78, 5) is 32.7. The fourth-order valence-corrected chi connectivity index (χ4v) is 4.03. The molecule has 2 aromatic heterocycles. The van der Waals surface area contributed by atoms with Crippen LogP contribution >= 0.6 is 0 Å². The van der Waals surface area contributed by atoms with Gasteiger partial charge in [-0.15, -0.1) is 0 Å². The van der Waals surface area contributed by atoms with E-state index >= 15 is 0 Å². The third-order valence-electron chi connectivity index (χ3n) is 5.61. The molecule has 0 amide bonds. The largest absolute Gasteiger partial charge is 0.495 e. The number of hydrogen-bond acceptors (Lipinski definition) is 5. The molecule has 0 unspecified atom stereocenters. The summed E-state index contributed by atoms with van der Waals surface area (Å²) < 4.78 is 10.3. The van der Waals surface area contributed by atoms with E-state index in [2.05, 4.69) is 17.9 Å². The summed E-state index contributed by atoms with van der Waals surface area (Å²) in [5.41, 5.74) is 2.38. The van der Waals surface area contributed by atoms with Crippen LogP contribution in [0.3, 0.4) is 0 Å². The van der Waals surface area contributed by atoms with Crippen LogP contribution in [0.5, 0.6) is 5.75 Å². The first-order chi connectivity index (χ1) is 14.0. The zero-order valence-corrected chi connectivity index (χ0v) is 17.4. The second kappa shape index (κ2) is 7.42. The summed E-state index contributed by atoms with van der Waals surface area (Å²) in [5.74, 6) is 1.42. The molecule has 0 aliphatic carbocycles. The van der Waals surface area contributed by atoms with Crippen molar-refractivity contribution in [2.24, 2.45) is 7.05 Å². The maximum Gasteiger partial charge on any atom is 0.332 e. The zero-order valence-electron chi connectivity index (χ0n) is 17.4. The molecule has 0 bridgehead atoms. The van der Waals surface area contributed by atoms with E-state index in [0.29, 0.717) is 36.7 Å². The maximum atomic E-state index is 13.2. The van der Waals surface area contributed by atoms with E-state index in [1.165, 1.54) is 9.13 Å². The molecule has 0 spiro atoms. The number of imidazole rings is 1. The monoisotopic (exact) mass is 397 g/mol. The summed E-state index contributed by atoms with van der Waals surface area (Å²) >= 11 is 0. The van der Waals surface area contributed by atoms with Gasteiger partial charge in [-0.2, -0.15) is 4.98 Å². The van der Waals surface area contributed by atoms with Gasteiger partial charge in [-0.3, -0.25) is 13.9 Å². The Hall–Kier alpha value is -3.03. The van der Waals surface area contributed by atoms with Gasteiger partial charge in [0.05, 0.1) is 12.8 Å². The van der Waals surface area contributed by atoms with Gasteiger partial charge >= 0.3 is 5.69 Å². The van der Waals surface area contributed by atoms with Gasteiger partial charge < -0.3 is 14.2 Å². The minimum Gasteiger partial charge on any atom is -0.495 e. The second-order valence-corrected chi connectivity index (χ2v) is 7.57. The number of aromatic nitrogens is 4. The van der Waals surface area contributed by atoms with Crippen molar-refractivity contribution in [2.75, 3.05) is 18.6 Å². The molecule has 1 aliphatic heterocycles. The van der Waals surface area contributed by atoms with Crippen LogP contribution < -0.4 is 20.9 Å². The van der Waals surface area contributed by atoms with Gasteiger partial charge in [-0.25, -0.2) is 4.79 Å². The lowest BCUT2D eigenvalue weighted by Crippen LogP contribution is -2.39. The number of anilines is 2. The Morgan fingerprint density at radius 1 is 1.17 bits per heavy atom. The minimum atomic E-state index is -0.310. The Morgan fingerprint density at radius 2 is 1.97 bits per heavy atom. The normalized spacial score (nSPS) is 13.3. The highest BCUT2D eigenvalue weighted by Crippen LogP contribution is 2.37.